The number of nitrogens with zero attached hydrogens (tertiary/aromatic N) is 2. The van der Waals surface area contributed by atoms with Crippen molar-refractivity contribution in [2.75, 3.05) is 45.3 Å². The first-order chi connectivity index (χ1) is 17.0. The van der Waals surface area contributed by atoms with Gasteiger partial charge >= 0.3 is 0 Å². The highest BCUT2D eigenvalue weighted by Gasteiger charge is 2.63. The zero-order chi connectivity index (χ0) is 26.1. The molecule has 1 aliphatic heterocycles. The van der Waals surface area contributed by atoms with Crippen LogP contribution in [0.15, 0.2) is 34.8 Å². The lowest BCUT2D eigenvalue weighted by Gasteiger charge is -2.50. The maximum Gasteiger partial charge on any atom is 0.255 e. The number of benzene rings is 1. The third-order valence-electron chi connectivity index (χ3n) is 7.93. The number of phenolic OH excluding ortho intramolecular Hbond substituents is 1. The first-order valence-electron chi connectivity index (χ1n) is 11.8. The maximum absolute atomic E-state index is 13.7. The third kappa shape index (κ3) is 3.19. The van der Waals surface area contributed by atoms with Gasteiger partial charge in [0.1, 0.15) is 22.8 Å². The number of anilines is 1. The maximum atomic E-state index is 13.7. The number of rotatable bonds is 3. The molecule has 0 saturated carbocycles. The van der Waals surface area contributed by atoms with E-state index in [9.17, 15) is 34.8 Å². The van der Waals surface area contributed by atoms with Gasteiger partial charge in [0.2, 0.25) is 5.78 Å². The minimum absolute atomic E-state index is 0.0137. The first-order valence-corrected chi connectivity index (χ1v) is 11.8. The van der Waals surface area contributed by atoms with Crippen molar-refractivity contribution in [2.24, 2.45) is 17.6 Å². The van der Waals surface area contributed by atoms with Gasteiger partial charge in [-0.25, -0.2) is 0 Å². The van der Waals surface area contributed by atoms with Gasteiger partial charge in [0, 0.05) is 30.3 Å². The van der Waals surface area contributed by atoms with Gasteiger partial charge in [-0.2, -0.15) is 0 Å². The van der Waals surface area contributed by atoms with Gasteiger partial charge in [0.25, 0.3) is 5.91 Å². The van der Waals surface area contributed by atoms with E-state index in [-0.39, 0.29) is 29.7 Å². The van der Waals surface area contributed by atoms with E-state index in [2.05, 4.69) is 4.90 Å². The van der Waals surface area contributed by atoms with E-state index in [4.69, 9.17) is 10.5 Å². The highest BCUT2D eigenvalue weighted by atomic mass is 16.5. The number of amides is 1. The zero-order valence-electron chi connectivity index (χ0n) is 20.0. The first kappa shape index (κ1) is 24.3. The second-order valence-electron chi connectivity index (χ2n) is 10.0. The normalized spacial score (nSPS) is 30.3. The minimum Gasteiger partial charge on any atom is -0.510 e. The number of carbonyl (C=O) groups excluding carboxylic acids is 3. The molecule has 1 fully saturated rings. The fourth-order valence-corrected chi connectivity index (χ4v) is 6.33. The van der Waals surface area contributed by atoms with Gasteiger partial charge in [-0.05, 0) is 50.6 Å². The Morgan fingerprint density at radius 2 is 1.83 bits per heavy atom. The quantitative estimate of drug-likeness (QED) is 0.355. The molecule has 5 rings (SSSR count). The number of hydrogen-bond acceptors (Lipinski definition) is 10. The summed E-state index contributed by atoms with van der Waals surface area (Å²) >= 11 is 0. The van der Waals surface area contributed by atoms with Crippen LogP contribution in [0, 0.1) is 11.8 Å². The van der Waals surface area contributed by atoms with Crippen LogP contribution in [-0.2, 0) is 20.7 Å². The number of nitrogens with two attached hydrogens (primary N) is 1. The van der Waals surface area contributed by atoms with Crippen molar-refractivity contribution in [1.29, 1.82) is 0 Å². The summed E-state index contributed by atoms with van der Waals surface area (Å²) in [5.74, 6) is -6.54. The smallest absolute Gasteiger partial charge is 0.255 e. The number of phenols is 1. The Bertz CT molecular complexity index is 1250. The van der Waals surface area contributed by atoms with Crippen LogP contribution in [0.4, 0.5) is 5.69 Å². The van der Waals surface area contributed by atoms with Crippen LogP contribution in [0.1, 0.15) is 22.3 Å². The van der Waals surface area contributed by atoms with Gasteiger partial charge in [0.15, 0.2) is 11.4 Å². The molecular formula is C25H29N3O8. The Labute approximate surface area is 207 Å². The van der Waals surface area contributed by atoms with Crippen molar-refractivity contribution in [3.63, 3.8) is 0 Å². The van der Waals surface area contributed by atoms with E-state index < -0.39 is 58.0 Å². The monoisotopic (exact) mass is 499 g/mol. The van der Waals surface area contributed by atoms with Crippen LogP contribution >= 0.6 is 0 Å². The molecule has 0 bridgehead atoms. The molecule has 0 unspecified atom stereocenters. The molecule has 0 spiro atoms. The third-order valence-corrected chi connectivity index (χ3v) is 7.93. The van der Waals surface area contributed by atoms with Crippen LogP contribution in [0.5, 0.6) is 5.75 Å². The number of hydrogen-bond donors (Lipinski definition) is 5. The lowest BCUT2D eigenvalue weighted by Crippen LogP contribution is -2.63. The summed E-state index contributed by atoms with van der Waals surface area (Å²) in [4.78, 5) is 42.7. The number of fused-ring (bicyclic) bond motifs is 3. The molecule has 1 aromatic rings. The summed E-state index contributed by atoms with van der Waals surface area (Å²) in [5.41, 5.74) is 3.14. The second-order valence-corrected chi connectivity index (χ2v) is 10.0. The van der Waals surface area contributed by atoms with Gasteiger partial charge in [0.05, 0.1) is 24.8 Å². The minimum atomic E-state index is -2.64. The van der Waals surface area contributed by atoms with Crippen molar-refractivity contribution in [1.82, 2.24) is 4.90 Å². The lowest BCUT2D eigenvalue weighted by atomic mass is 9.58. The number of primary amides is 1. The van der Waals surface area contributed by atoms with Crippen molar-refractivity contribution >= 4 is 23.2 Å². The van der Waals surface area contributed by atoms with Gasteiger partial charge in [-0.15, -0.1) is 0 Å². The lowest BCUT2D eigenvalue weighted by molar-refractivity contribution is -0.148. The largest absolute Gasteiger partial charge is 0.510 e. The summed E-state index contributed by atoms with van der Waals surface area (Å²) < 4.78 is 5.44. The van der Waals surface area contributed by atoms with Crippen LogP contribution in [0.25, 0.3) is 0 Å². The molecule has 36 heavy (non-hydrogen) atoms. The van der Waals surface area contributed by atoms with Gasteiger partial charge < -0.3 is 35.8 Å². The molecule has 11 nitrogen and oxygen atoms in total. The van der Waals surface area contributed by atoms with E-state index in [0.29, 0.717) is 31.9 Å². The molecule has 0 aromatic heterocycles. The van der Waals surface area contributed by atoms with E-state index >= 15 is 0 Å². The standard InChI is InChI=1S/C25H29N3O8/c1-27(2)19-13-10-11-9-12-14(28-5-7-36-8-6-28)3-4-15(29)17(12)20(30)16(11)22(32)25(13,35)23(33)18(21(19)31)24(26)34/h3-4,11,13,19,29,31-32,35H,5-10H2,1-2H3,(H2,26,34)/t11-,13-,19-,25-/m0/s1. The van der Waals surface area contributed by atoms with E-state index in [0.717, 1.165) is 5.69 Å². The predicted octanol–water partition coefficient (Wildman–Crippen LogP) is -0.0428. The Kier molecular flexibility index (Phi) is 5.62. The van der Waals surface area contributed by atoms with Crippen molar-refractivity contribution < 1.29 is 39.5 Å². The molecule has 1 aromatic carbocycles. The van der Waals surface area contributed by atoms with Crippen LogP contribution in [0.3, 0.4) is 0 Å². The van der Waals surface area contributed by atoms with E-state index in [1.807, 2.05) is 0 Å². The fourth-order valence-electron chi connectivity index (χ4n) is 6.33. The Hall–Kier alpha value is -3.41. The summed E-state index contributed by atoms with van der Waals surface area (Å²) in [5, 5.41) is 44.4. The molecule has 1 saturated heterocycles. The fraction of sp³-hybridized carbons (Fsp3) is 0.480. The molecule has 11 heteroatoms. The number of likely N-dealkylation sites (N-methyl/N-ethyl adjacent to an activating group) is 1. The summed E-state index contributed by atoms with van der Waals surface area (Å²) in [6.07, 6.45) is 0.319. The number of Topliss-reactive ketones (excluding diaryl/α,β-unsaturated/α-hetero) is 2. The number of aliphatic hydroxyl groups excluding tert-OH is 2. The molecule has 4 atom stereocenters. The highest BCUT2D eigenvalue weighted by Crippen LogP contribution is 2.53. The van der Waals surface area contributed by atoms with Gasteiger partial charge in [-0.1, -0.05) is 0 Å². The van der Waals surface area contributed by atoms with E-state index in [1.165, 1.54) is 11.0 Å². The molecule has 1 amide bonds. The molecule has 6 N–H and O–H groups in total. The average molecular weight is 500 g/mol. The number of morpholine rings is 1. The topological polar surface area (TPSA) is 174 Å². The van der Waals surface area contributed by atoms with E-state index in [1.54, 1.807) is 20.2 Å². The number of aliphatic hydroxyl groups is 3. The number of ketones is 2. The van der Waals surface area contributed by atoms with Crippen molar-refractivity contribution in [2.45, 2.75) is 24.5 Å². The van der Waals surface area contributed by atoms with Gasteiger partial charge in [-0.3, -0.25) is 19.3 Å². The van der Waals surface area contributed by atoms with Crippen molar-refractivity contribution in [3.8, 4) is 5.75 Å². The number of ether oxygens (including phenoxy) is 1. The molecule has 3 aliphatic carbocycles. The molecule has 192 valence electrons. The Morgan fingerprint density at radius 1 is 1.17 bits per heavy atom. The molecular weight excluding hydrogens is 470 g/mol. The van der Waals surface area contributed by atoms with Crippen LogP contribution < -0.4 is 10.6 Å². The van der Waals surface area contributed by atoms with Crippen molar-refractivity contribution in [3.05, 3.63) is 45.9 Å². The Balaban J connectivity index is 1.69. The molecule has 0 radical (unpaired) electrons. The second kappa shape index (κ2) is 8.32. The summed E-state index contributed by atoms with van der Waals surface area (Å²) in [6.45, 7) is 2.26. The summed E-state index contributed by atoms with van der Waals surface area (Å²) in [6, 6.07) is 2.15. The SMILES string of the molecule is CN(C)[C@@H]1C(O)=C(C(N)=O)C(=O)[C@@]2(O)C(O)=C3C(=O)c4c(O)ccc(N5CCOCC5)c4C[C@H]3C[C@@H]12. The Morgan fingerprint density at radius 3 is 2.44 bits per heavy atom. The highest BCUT2D eigenvalue weighted by molar-refractivity contribution is 6.24. The molecule has 4 aliphatic rings. The zero-order valence-corrected chi connectivity index (χ0v) is 20.0. The van der Waals surface area contributed by atoms with Crippen LogP contribution in [0.2, 0.25) is 0 Å². The number of allylic oxidation sites excluding steroid dienone is 1. The number of aromatic hydroxyl groups is 1. The predicted molar refractivity (Wildman–Crippen MR) is 127 cm³/mol. The number of carbonyl (C=O) groups is 3. The summed E-state index contributed by atoms with van der Waals surface area (Å²) in [7, 11) is 3.20. The molecule has 1 heterocycles. The van der Waals surface area contributed by atoms with Crippen LogP contribution in [-0.4, -0.2) is 94.8 Å². The average Bonchev–Trinajstić information content (AvgIpc) is 2.81.